The molecule has 1 fully saturated rings. The molecule has 112 valence electrons. The van der Waals surface area contributed by atoms with Gasteiger partial charge in [0.25, 0.3) is 0 Å². The average molecular weight is 288 g/mol. The lowest BCUT2D eigenvalue weighted by Gasteiger charge is -2.18. The van der Waals surface area contributed by atoms with Gasteiger partial charge in [-0.15, -0.1) is 0 Å². The van der Waals surface area contributed by atoms with Crippen LogP contribution in [0.15, 0.2) is 0 Å². The number of carbonyl (C=O) groups excluding carboxylic acids is 1. The maximum absolute atomic E-state index is 11.5. The highest BCUT2D eigenvalue weighted by atomic mass is 28.3. The third kappa shape index (κ3) is 8.23. The van der Waals surface area contributed by atoms with Gasteiger partial charge in [0.15, 0.2) is 0 Å². The molecule has 0 saturated carbocycles. The van der Waals surface area contributed by atoms with Crippen LogP contribution in [-0.4, -0.2) is 46.1 Å². The molecule has 0 aromatic heterocycles. The van der Waals surface area contributed by atoms with E-state index in [0.29, 0.717) is 13.2 Å². The summed E-state index contributed by atoms with van der Waals surface area (Å²) in [7, 11) is -1.14. The maximum Gasteiger partial charge on any atom is 0.407 e. The van der Waals surface area contributed by atoms with E-state index in [1.807, 2.05) is 0 Å². The Balaban J connectivity index is 2.05. The van der Waals surface area contributed by atoms with Crippen molar-refractivity contribution in [1.29, 1.82) is 0 Å². The minimum Gasteiger partial charge on any atom is -0.450 e. The standard InChI is InChI=1S/C13H28N2O3Si/c1-19(2,3)8-7-18-13(16)15-10-11(14)9-12-5-4-6-17-12/h11-12H,4-10,14H2,1-3H3,(H,15,16)/t11-,12?/m0/s1. The summed E-state index contributed by atoms with van der Waals surface area (Å²) in [4.78, 5) is 11.5. The number of alkyl carbamates (subject to hydrolysis) is 1. The van der Waals surface area contributed by atoms with Crippen molar-refractivity contribution in [2.45, 2.75) is 57.1 Å². The number of carbonyl (C=O) groups is 1. The Morgan fingerprint density at radius 1 is 1.53 bits per heavy atom. The quantitative estimate of drug-likeness (QED) is 0.702. The summed E-state index contributed by atoms with van der Waals surface area (Å²) in [6.45, 7) is 8.56. The van der Waals surface area contributed by atoms with Crippen molar-refractivity contribution in [3.05, 3.63) is 0 Å². The summed E-state index contributed by atoms with van der Waals surface area (Å²) < 4.78 is 10.6. The van der Waals surface area contributed by atoms with Crippen molar-refractivity contribution >= 4 is 14.2 Å². The Bertz CT molecular complexity index is 276. The average Bonchev–Trinajstić information content (AvgIpc) is 2.77. The van der Waals surface area contributed by atoms with E-state index in [0.717, 1.165) is 31.9 Å². The van der Waals surface area contributed by atoms with Crippen molar-refractivity contribution in [2.75, 3.05) is 19.8 Å². The van der Waals surface area contributed by atoms with E-state index in [4.69, 9.17) is 15.2 Å². The van der Waals surface area contributed by atoms with Crippen LogP contribution in [0.4, 0.5) is 4.79 Å². The predicted octanol–water partition coefficient (Wildman–Crippen LogP) is 1.95. The van der Waals surface area contributed by atoms with Gasteiger partial charge in [0, 0.05) is 27.3 Å². The summed E-state index contributed by atoms with van der Waals surface area (Å²) in [5.74, 6) is 0. The first-order valence-electron chi connectivity index (χ1n) is 7.14. The number of hydrogen-bond acceptors (Lipinski definition) is 4. The third-order valence-corrected chi connectivity index (χ3v) is 4.89. The fourth-order valence-corrected chi connectivity index (χ4v) is 2.68. The smallest absolute Gasteiger partial charge is 0.407 e. The first kappa shape index (κ1) is 16.5. The van der Waals surface area contributed by atoms with E-state index >= 15 is 0 Å². The first-order chi connectivity index (χ1) is 8.87. The molecule has 1 rings (SSSR count). The second-order valence-electron chi connectivity index (χ2n) is 6.46. The summed E-state index contributed by atoms with van der Waals surface area (Å²) in [6, 6.07) is 0.926. The molecule has 19 heavy (non-hydrogen) atoms. The molecule has 1 aliphatic rings. The number of amides is 1. The molecule has 3 N–H and O–H groups in total. The van der Waals surface area contributed by atoms with Crippen LogP contribution < -0.4 is 11.1 Å². The second-order valence-corrected chi connectivity index (χ2v) is 12.1. The minimum atomic E-state index is -1.14. The number of nitrogens with two attached hydrogens (primary N) is 1. The highest BCUT2D eigenvalue weighted by Crippen LogP contribution is 2.16. The van der Waals surface area contributed by atoms with Gasteiger partial charge >= 0.3 is 6.09 Å². The zero-order chi connectivity index (χ0) is 14.3. The number of ether oxygens (including phenoxy) is 2. The fourth-order valence-electron chi connectivity index (χ4n) is 1.97. The van der Waals surface area contributed by atoms with E-state index in [2.05, 4.69) is 25.0 Å². The molecule has 6 heteroatoms. The molecule has 0 radical (unpaired) electrons. The van der Waals surface area contributed by atoms with E-state index in [-0.39, 0.29) is 18.2 Å². The number of nitrogens with one attached hydrogen (secondary N) is 1. The molecule has 1 saturated heterocycles. The Labute approximate surface area is 117 Å². The van der Waals surface area contributed by atoms with Crippen LogP contribution in [0.1, 0.15) is 19.3 Å². The van der Waals surface area contributed by atoms with Crippen LogP contribution in [0.3, 0.4) is 0 Å². The first-order valence-corrected chi connectivity index (χ1v) is 10.9. The molecule has 1 aliphatic heterocycles. The Morgan fingerprint density at radius 2 is 2.26 bits per heavy atom. The molecule has 1 heterocycles. The molecule has 0 bridgehead atoms. The molecule has 1 amide bonds. The molecule has 0 spiro atoms. The molecule has 0 aliphatic carbocycles. The highest BCUT2D eigenvalue weighted by Gasteiger charge is 2.19. The fraction of sp³-hybridized carbons (Fsp3) is 0.923. The van der Waals surface area contributed by atoms with Crippen LogP contribution >= 0.6 is 0 Å². The van der Waals surface area contributed by atoms with Crippen LogP contribution in [0.5, 0.6) is 0 Å². The van der Waals surface area contributed by atoms with E-state index in [9.17, 15) is 4.79 Å². The Morgan fingerprint density at radius 3 is 2.84 bits per heavy atom. The van der Waals surface area contributed by atoms with Crippen LogP contribution in [0, 0.1) is 0 Å². The topological polar surface area (TPSA) is 73.6 Å². The monoisotopic (exact) mass is 288 g/mol. The van der Waals surface area contributed by atoms with Crippen LogP contribution in [-0.2, 0) is 9.47 Å². The van der Waals surface area contributed by atoms with Gasteiger partial charge in [0.05, 0.1) is 12.7 Å². The van der Waals surface area contributed by atoms with Crippen molar-refractivity contribution in [3.8, 4) is 0 Å². The molecular formula is C13H28N2O3Si. The van der Waals surface area contributed by atoms with E-state index < -0.39 is 8.07 Å². The highest BCUT2D eigenvalue weighted by molar-refractivity contribution is 6.76. The van der Waals surface area contributed by atoms with Crippen molar-refractivity contribution in [1.82, 2.24) is 5.32 Å². The minimum absolute atomic E-state index is 0.0624. The zero-order valence-electron chi connectivity index (χ0n) is 12.4. The lowest BCUT2D eigenvalue weighted by molar-refractivity contribution is 0.0974. The lowest BCUT2D eigenvalue weighted by Crippen LogP contribution is -2.39. The largest absolute Gasteiger partial charge is 0.450 e. The number of rotatable bonds is 7. The molecule has 2 atom stereocenters. The Kier molecular flexibility index (Phi) is 6.81. The SMILES string of the molecule is C[Si](C)(C)CCOC(=O)NC[C@@H](N)CC1CCCO1. The maximum atomic E-state index is 11.5. The molecule has 0 aromatic carbocycles. The van der Waals surface area contributed by atoms with Crippen molar-refractivity contribution in [3.63, 3.8) is 0 Å². The van der Waals surface area contributed by atoms with Gasteiger partial charge in [-0.2, -0.15) is 0 Å². The lowest BCUT2D eigenvalue weighted by atomic mass is 10.1. The van der Waals surface area contributed by atoms with E-state index in [1.165, 1.54) is 0 Å². The summed E-state index contributed by atoms with van der Waals surface area (Å²) >= 11 is 0. The van der Waals surface area contributed by atoms with Gasteiger partial charge in [0.1, 0.15) is 0 Å². The Hall–Kier alpha value is -0.593. The van der Waals surface area contributed by atoms with Crippen molar-refractivity contribution in [2.24, 2.45) is 5.73 Å². The molecule has 5 nitrogen and oxygen atoms in total. The van der Waals surface area contributed by atoms with Crippen LogP contribution in [0.2, 0.25) is 25.7 Å². The zero-order valence-corrected chi connectivity index (χ0v) is 13.4. The predicted molar refractivity (Wildman–Crippen MR) is 79.1 cm³/mol. The van der Waals surface area contributed by atoms with Gasteiger partial charge in [0.2, 0.25) is 0 Å². The van der Waals surface area contributed by atoms with Gasteiger partial charge < -0.3 is 20.5 Å². The second kappa shape index (κ2) is 7.87. The molecular weight excluding hydrogens is 260 g/mol. The third-order valence-electron chi connectivity index (χ3n) is 3.18. The molecule has 0 aromatic rings. The molecule has 1 unspecified atom stereocenters. The van der Waals surface area contributed by atoms with Gasteiger partial charge in [-0.3, -0.25) is 0 Å². The van der Waals surface area contributed by atoms with Crippen LogP contribution in [0.25, 0.3) is 0 Å². The normalized spacial score (nSPS) is 21.2. The van der Waals surface area contributed by atoms with Crippen molar-refractivity contribution < 1.29 is 14.3 Å². The van der Waals surface area contributed by atoms with Gasteiger partial charge in [-0.25, -0.2) is 4.79 Å². The van der Waals surface area contributed by atoms with Gasteiger partial charge in [-0.05, 0) is 25.3 Å². The van der Waals surface area contributed by atoms with Gasteiger partial charge in [-0.1, -0.05) is 19.6 Å². The number of hydrogen-bond donors (Lipinski definition) is 2. The summed E-state index contributed by atoms with van der Waals surface area (Å²) in [5, 5.41) is 2.72. The van der Waals surface area contributed by atoms with E-state index in [1.54, 1.807) is 0 Å². The summed E-state index contributed by atoms with van der Waals surface area (Å²) in [5.41, 5.74) is 5.96. The summed E-state index contributed by atoms with van der Waals surface area (Å²) in [6.07, 6.45) is 2.90.